The van der Waals surface area contributed by atoms with Crippen LogP contribution in [0.2, 0.25) is 0 Å². The minimum atomic E-state index is -4.53. The van der Waals surface area contributed by atoms with Crippen molar-refractivity contribution >= 4 is 21.7 Å². The molecule has 1 aromatic rings. The van der Waals surface area contributed by atoms with Crippen LogP contribution >= 0.6 is 15.9 Å². The van der Waals surface area contributed by atoms with Crippen LogP contribution < -0.4 is 0 Å². The van der Waals surface area contributed by atoms with Gasteiger partial charge < -0.3 is 0 Å². The molecule has 0 aliphatic rings. The summed E-state index contributed by atoms with van der Waals surface area (Å²) in [5.74, 6) is -0.651. The summed E-state index contributed by atoms with van der Waals surface area (Å²) in [6, 6.07) is 3.47. The zero-order valence-corrected chi connectivity index (χ0v) is 9.89. The Kier molecular flexibility index (Phi) is 3.91. The first kappa shape index (κ1) is 13.0. The van der Waals surface area contributed by atoms with Gasteiger partial charge in [0.2, 0.25) is 0 Å². The van der Waals surface area contributed by atoms with Crippen LogP contribution in [0.15, 0.2) is 34.8 Å². The van der Waals surface area contributed by atoms with E-state index < -0.39 is 17.5 Å². The van der Waals surface area contributed by atoms with E-state index in [4.69, 9.17) is 0 Å². The molecule has 0 aliphatic carbocycles. The zero-order valence-electron chi connectivity index (χ0n) is 8.31. The van der Waals surface area contributed by atoms with Gasteiger partial charge >= 0.3 is 6.18 Å². The van der Waals surface area contributed by atoms with Gasteiger partial charge in [-0.25, -0.2) is 0 Å². The number of ketones is 1. The Hall–Kier alpha value is -1.10. The van der Waals surface area contributed by atoms with Gasteiger partial charge in [-0.1, -0.05) is 22.0 Å². The molecule has 0 saturated heterocycles. The van der Waals surface area contributed by atoms with Crippen molar-refractivity contribution in [2.45, 2.75) is 13.1 Å². The highest BCUT2D eigenvalue weighted by Crippen LogP contribution is 2.34. The molecule has 0 amide bonds. The van der Waals surface area contributed by atoms with E-state index in [-0.39, 0.29) is 10.0 Å². The molecule has 1 aromatic carbocycles. The van der Waals surface area contributed by atoms with Crippen LogP contribution in [0.25, 0.3) is 0 Å². The molecule has 16 heavy (non-hydrogen) atoms. The second-order valence-corrected chi connectivity index (χ2v) is 3.97. The maximum absolute atomic E-state index is 12.6. The lowest BCUT2D eigenvalue weighted by atomic mass is 10.0. The average Bonchev–Trinajstić information content (AvgIpc) is 2.16. The zero-order chi connectivity index (χ0) is 12.3. The molecule has 0 spiro atoms. The molecule has 0 N–H and O–H groups in total. The van der Waals surface area contributed by atoms with Gasteiger partial charge in [-0.3, -0.25) is 4.79 Å². The fourth-order valence-electron chi connectivity index (χ4n) is 1.21. The fraction of sp³-hybridized carbons (Fsp3) is 0.182. The van der Waals surface area contributed by atoms with Crippen molar-refractivity contribution in [3.63, 3.8) is 0 Å². The Morgan fingerprint density at radius 3 is 2.50 bits per heavy atom. The molecule has 0 saturated carbocycles. The first-order valence-corrected chi connectivity index (χ1v) is 5.19. The fourth-order valence-corrected chi connectivity index (χ4v) is 1.57. The molecule has 86 valence electrons. The summed E-state index contributed by atoms with van der Waals surface area (Å²) in [7, 11) is 0. The number of halogens is 4. The summed E-state index contributed by atoms with van der Waals surface area (Å²) in [5.41, 5.74) is -1.27. The van der Waals surface area contributed by atoms with Crippen molar-refractivity contribution in [2.75, 3.05) is 0 Å². The Labute approximate surface area is 99.1 Å². The summed E-state index contributed by atoms with van der Waals surface area (Å²) < 4.78 is 38.2. The van der Waals surface area contributed by atoms with E-state index in [1.165, 1.54) is 12.1 Å². The van der Waals surface area contributed by atoms with Crippen molar-refractivity contribution in [1.29, 1.82) is 0 Å². The van der Waals surface area contributed by atoms with E-state index in [9.17, 15) is 18.0 Å². The number of allylic oxidation sites excluding steroid dienone is 2. The van der Waals surface area contributed by atoms with Gasteiger partial charge in [0.15, 0.2) is 5.78 Å². The van der Waals surface area contributed by atoms with Crippen LogP contribution in [0.5, 0.6) is 0 Å². The van der Waals surface area contributed by atoms with E-state index in [2.05, 4.69) is 15.9 Å². The van der Waals surface area contributed by atoms with Crippen molar-refractivity contribution in [3.05, 3.63) is 46.0 Å². The number of carbonyl (C=O) groups excluding carboxylic acids is 1. The second-order valence-electron chi connectivity index (χ2n) is 3.05. The van der Waals surface area contributed by atoms with E-state index in [0.717, 1.165) is 18.2 Å². The van der Waals surface area contributed by atoms with Crippen molar-refractivity contribution in [3.8, 4) is 0 Å². The Balaban J connectivity index is 3.34. The topological polar surface area (TPSA) is 17.1 Å². The number of alkyl halides is 3. The van der Waals surface area contributed by atoms with Gasteiger partial charge in [0.25, 0.3) is 0 Å². The first-order valence-electron chi connectivity index (χ1n) is 4.40. The largest absolute Gasteiger partial charge is 0.417 e. The molecule has 0 aliphatic heterocycles. The second kappa shape index (κ2) is 4.82. The Bertz CT molecular complexity index is 435. The summed E-state index contributed by atoms with van der Waals surface area (Å²) in [6.45, 7) is 1.57. The van der Waals surface area contributed by atoms with Crippen molar-refractivity contribution in [1.82, 2.24) is 0 Å². The van der Waals surface area contributed by atoms with Crippen LogP contribution in [0, 0.1) is 0 Å². The first-order chi connectivity index (χ1) is 7.36. The van der Waals surface area contributed by atoms with Gasteiger partial charge in [0, 0.05) is 10.0 Å². The third-order valence-electron chi connectivity index (χ3n) is 1.87. The van der Waals surface area contributed by atoms with E-state index in [1.54, 1.807) is 6.92 Å². The molecule has 0 bridgehead atoms. The highest BCUT2D eigenvalue weighted by molar-refractivity contribution is 9.10. The van der Waals surface area contributed by atoms with Gasteiger partial charge in [-0.15, -0.1) is 0 Å². The summed E-state index contributed by atoms with van der Waals surface area (Å²) in [4.78, 5) is 11.4. The van der Waals surface area contributed by atoms with E-state index in [1.807, 2.05) is 0 Å². The smallest absolute Gasteiger partial charge is 0.289 e. The maximum atomic E-state index is 12.6. The molecule has 0 radical (unpaired) electrons. The van der Waals surface area contributed by atoms with Crippen LogP contribution in [0.1, 0.15) is 22.8 Å². The lowest BCUT2D eigenvalue weighted by Gasteiger charge is -2.11. The van der Waals surface area contributed by atoms with Gasteiger partial charge in [0.05, 0.1) is 5.56 Å². The highest BCUT2D eigenvalue weighted by Gasteiger charge is 2.34. The lowest BCUT2D eigenvalue weighted by molar-refractivity contribution is -0.137. The number of hydrogen-bond acceptors (Lipinski definition) is 1. The number of carbonyl (C=O) groups is 1. The van der Waals surface area contributed by atoms with Gasteiger partial charge in [-0.05, 0) is 31.2 Å². The van der Waals surface area contributed by atoms with Crippen LogP contribution in [0.3, 0.4) is 0 Å². The van der Waals surface area contributed by atoms with Crippen molar-refractivity contribution in [2.24, 2.45) is 0 Å². The van der Waals surface area contributed by atoms with E-state index in [0.29, 0.717) is 0 Å². The summed E-state index contributed by atoms with van der Waals surface area (Å²) in [5, 5.41) is 0. The number of hydrogen-bond donors (Lipinski definition) is 0. The van der Waals surface area contributed by atoms with E-state index >= 15 is 0 Å². The third kappa shape index (κ3) is 2.95. The monoisotopic (exact) mass is 292 g/mol. The normalized spacial score (nSPS) is 12.1. The van der Waals surface area contributed by atoms with Gasteiger partial charge in [0.1, 0.15) is 0 Å². The van der Waals surface area contributed by atoms with Crippen LogP contribution in [0.4, 0.5) is 13.2 Å². The predicted octanol–water partition coefficient (Wildman–Crippen LogP) is 4.23. The minimum absolute atomic E-state index is 0.289. The van der Waals surface area contributed by atoms with Gasteiger partial charge in [-0.2, -0.15) is 13.2 Å². The standard InChI is InChI=1S/C11H8BrF3O/c1-2-3-10(16)8-5-4-7(12)6-9(8)11(13,14)15/h2-6H,1H3/b3-2+. The lowest BCUT2D eigenvalue weighted by Crippen LogP contribution is -2.12. The number of benzene rings is 1. The molecule has 0 unspecified atom stereocenters. The highest BCUT2D eigenvalue weighted by atomic mass is 79.9. The summed E-state index contributed by atoms with van der Waals surface area (Å²) in [6.07, 6.45) is -2.01. The maximum Gasteiger partial charge on any atom is 0.417 e. The van der Waals surface area contributed by atoms with Crippen LogP contribution in [-0.2, 0) is 6.18 Å². The number of rotatable bonds is 2. The quantitative estimate of drug-likeness (QED) is 0.589. The Morgan fingerprint density at radius 1 is 1.38 bits per heavy atom. The minimum Gasteiger partial charge on any atom is -0.289 e. The average molecular weight is 293 g/mol. The molecular formula is C11H8BrF3O. The third-order valence-corrected chi connectivity index (χ3v) is 2.36. The molecule has 0 fully saturated rings. The summed E-state index contributed by atoms with van der Waals surface area (Å²) >= 11 is 2.95. The van der Waals surface area contributed by atoms with Crippen molar-refractivity contribution < 1.29 is 18.0 Å². The molecule has 0 atom stereocenters. The molecule has 1 rings (SSSR count). The molecule has 0 aromatic heterocycles. The molecule has 0 heterocycles. The van der Waals surface area contributed by atoms with Crippen LogP contribution in [-0.4, -0.2) is 5.78 Å². The Morgan fingerprint density at radius 2 is 2.00 bits per heavy atom. The molecule has 5 heteroatoms. The molecule has 1 nitrogen and oxygen atoms in total. The molecular weight excluding hydrogens is 285 g/mol. The predicted molar refractivity (Wildman–Crippen MR) is 58.3 cm³/mol. The SMILES string of the molecule is C/C=C/C(=O)c1ccc(Br)cc1C(F)(F)F.